The summed E-state index contributed by atoms with van der Waals surface area (Å²) in [5.74, 6) is 0.728. The van der Waals surface area contributed by atoms with Crippen molar-refractivity contribution in [1.82, 2.24) is 35.5 Å². The number of nitrogens with one attached hydrogen (secondary N) is 4. The molecule has 3 amide bonds. The van der Waals surface area contributed by atoms with Crippen LogP contribution in [0.5, 0.6) is 0 Å². The summed E-state index contributed by atoms with van der Waals surface area (Å²) in [6.45, 7) is 7.42. The molecule has 1 aliphatic heterocycles. The van der Waals surface area contributed by atoms with Gasteiger partial charge in [0.2, 0.25) is 0 Å². The van der Waals surface area contributed by atoms with Gasteiger partial charge in [-0.3, -0.25) is 9.36 Å². The molecular formula is C34H44N8O5. The molecule has 2 aromatic carbocycles. The Morgan fingerprint density at radius 3 is 2.26 bits per heavy atom. The zero-order chi connectivity index (χ0) is 33.3. The second kappa shape index (κ2) is 15.8. The molecule has 250 valence electrons. The van der Waals surface area contributed by atoms with Crippen molar-refractivity contribution in [2.75, 3.05) is 25.0 Å². The van der Waals surface area contributed by atoms with Gasteiger partial charge in [0, 0.05) is 25.6 Å². The number of anilines is 1. The highest BCUT2D eigenvalue weighted by atomic mass is 16.6. The largest absolute Gasteiger partial charge is 0.387 e. The number of aromatic nitrogens is 4. The fourth-order valence-electron chi connectivity index (χ4n) is 5.66. The standard InChI is InChI=1S/C34H44N8O5/c1-4-35-32(45)29-27(43)28(44)33(47-29)42-20-39-26-30(37-18-24(22-13-7-5-8-14-22)23-15-9-6-10-16-23)40-25(41-31(26)42)19-38-34(46)36-17-11-12-21(2)3/h5-10,13-16,20-21,24,27-29,33,43-44H,4,11-12,17-19H2,1-3H3,(H,35,45)(H2,36,38,46)(H,37,40,41)/t27-,28+,29-,33+/m0/s1. The number of imidazole rings is 1. The van der Waals surface area contributed by atoms with Crippen LogP contribution in [-0.2, 0) is 16.1 Å². The molecule has 0 saturated carbocycles. The third kappa shape index (κ3) is 8.23. The third-order valence-electron chi connectivity index (χ3n) is 8.12. The molecule has 4 aromatic rings. The number of amides is 3. The number of hydrogen-bond acceptors (Lipinski definition) is 9. The van der Waals surface area contributed by atoms with Gasteiger partial charge in [0.15, 0.2) is 35.1 Å². The summed E-state index contributed by atoms with van der Waals surface area (Å²) in [5.41, 5.74) is 2.94. The number of nitrogens with zero attached hydrogens (tertiary/aromatic N) is 4. The monoisotopic (exact) mass is 644 g/mol. The van der Waals surface area contributed by atoms with Crippen LogP contribution in [0.1, 0.15) is 62.7 Å². The first-order valence-electron chi connectivity index (χ1n) is 16.1. The Morgan fingerprint density at radius 2 is 1.62 bits per heavy atom. The fraction of sp³-hybridized carbons (Fsp3) is 0.441. The Hall–Kier alpha value is -4.59. The maximum absolute atomic E-state index is 12.6. The fourth-order valence-corrected chi connectivity index (χ4v) is 5.66. The van der Waals surface area contributed by atoms with Crippen molar-refractivity contribution in [3.8, 4) is 0 Å². The molecule has 5 rings (SSSR count). The Labute approximate surface area is 274 Å². The minimum atomic E-state index is -1.46. The van der Waals surface area contributed by atoms with Crippen LogP contribution < -0.4 is 21.3 Å². The van der Waals surface area contributed by atoms with Gasteiger partial charge in [-0.05, 0) is 36.8 Å². The first-order chi connectivity index (χ1) is 22.8. The van der Waals surface area contributed by atoms with Gasteiger partial charge in [-0.1, -0.05) is 74.5 Å². The first kappa shape index (κ1) is 33.8. The van der Waals surface area contributed by atoms with Crippen LogP contribution in [-0.4, -0.2) is 79.6 Å². The summed E-state index contributed by atoms with van der Waals surface area (Å²) >= 11 is 0. The number of aliphatic hydroxyl groups excluding tert-OH is 2. The second-order valence-corrected chi connectivity index (χ2v) is 12.0. The zero-order valence-corrected chi connectivity index (χ0v) is 27.0. The normalized spacial score (nSPS) is 19.3. The van der Waals surface area contributed by atoms with E-state index in [0.717, 1.165) is 24.0 Å². The minimum absolute atomic E-state index is 0.0179. The molecule has 1 fully saturated rings. The average Bonchev–Trinajstić information content (AvgIpc) is 3.63. The van der Waals surface area contributed by atoms with Crippen molar-refractivity contribution in [3.05, 3.63) is 83.9 Å². The Morgan fingerprint density at radius 1 is 0.936 bits per heavy atom. The molecule has 4 atom stereocenters. The number of fused-ring (bicyclic) bond motifs is 1. The summed E-state index contributed by atoms with van der Waals surface area (Å²) < 4.78 is 7.35. The van der Waals surface area contributed by atoms with E-state index in [2.05, 4.69) is 69.3 Å². The molecule has 0 unspecified atom stereocenters. The number of aliphatic hydroxyl groups is 2. The van der Waals surface area contributed by atoms with Crippen LogP contribution in [0.2, 0.25) is 0 Å². The molecule has 0 aliphatic carbocycles. The number of rotatable bonds is 14. The first-order valence-corrected chi connectivity index (χ1v) is 16.1. The molecule has 13 nitrogen and oxygen atoms in total. The number of ether oxygens (including phenoxy) is 1. The number of carbonyl (C=O) groups excluding carboxylic acids is 2. The topological polar surface area (TPSA) is 176 Å². The van der Waals surface area contributed by atoms with Gasteiger partial charge in [0.1, 0.15) is 12.2 Å². The average molecular weight is 645 g/mol. The van der Waals surface area contributed by atoms with Gasteiger partial charge in [0.25, 0.3) is 5.91 Å². The number of benzene rings is 2. The van der Waals surface area contributed by atoms with Crippen LogP contribution in [0.15, 0.2) is 67.0 Å². The molecule has 6 N–H and O–H groups in total. The van der Waals surface area contributed by atoms with Gasteiger partial charge >= 0.3 is 6.03 Å². The van der Waals surface area contributed by atoms with Crippen molar-refractivity contribution in [3.63, 3.8) is 0 Å². The summed E-state index contributed by atoms with van der Waals surface area (Å²) in [7, 11) is 0. The van der Waals surface area contributed by atoms with E-state index >= 15 is 0 Å². The maximum Gasteiger partial charge on any atom is 0.315 e. The van der Waals surface area contributed by atoms with Crippen LogP contribution in [0.25, 0.3) is 11.2 Å². The van der Waals surface area contributed by atoms with E-state index in [-0.39, 0.29) is 18.5 Å². The van der Waals surface area contributed by atoms with Crippen LogP contribution >= 0.6 is 0 Å². The van der Waals surface area contributed by atoms with E-state index in [4.69, 9.17) is 9.72 Å². The van der Waals surface area contributed by atoms with E-state index < -0.39 is 30.4 Å². The summed E-state index contributed by atoms with van der Waals surface area (Å²) in [6.07, 6.45) is -1.97. The lowest BCUT2D eigenvalue weighted by atomic mass is 9.91. The van der Waals surface area contributed by atoms with E-state index in [1.54, 1.807) is 6.92 Å². The van der Waals surface area contributed by atoms with Crippen molar-refractivity contribution in [2.24, 2.45) is 5.92 Å². The number of urea groups is 1. The minimum Gasteiger partial charge on any atom is -0.387 e. The SMILES string of the molecule is CCNC(=O)[C@H]1O[C@@H](n2cnc3c(NCC(c4ccccc4)c4ccccc4)nc(CNC(=O)NCCCC(C)C)nc32)[C@H](O)[C@@H]1O. The van der Waals surface area contributed by atoms with Crippen molar-refractivity contribution < 1.29 is 24.5 Å². The van der Waals surface area contributed by atoms with Gasteiger partial charge in [-0.25, -0.2) is 19.7 Å². The predicted octanol–water partition coefficient (Wildman–Crippen LogP) is 3.06. The van der Waals surface area contributed by atoms with Gasteiger partial charge in [0.05, 0.1) is 12.9 Å². The van der Waals surface area contributed by atoms with E-state index in [1.165, 1.54) is 10.9 Å². The van der Waals surface area contributed by atoms with Crippen molar-refractivity contribution in [2.45, 2.75) is 70.6 Å². The zero-order valence-electron chi connectivity index (χ0n) is 27.0. The molecule has 0 bridgehead atoms. The lowest BCUT2D eigenvalue weighted by Gasteiger charge is -2.20. The molecule has 2 aromatic heterocycles. The van der Waals surface area contributed by atoms with Crippen LogP contribution in [0, 0.1) is 5.92 Å². The molecule has 47 heavy (non-hydrogen) atoms. The highest BCUT2D eigenvalue weighted by molar-refractivity contribution is 5.84. The van der Waals surface area contributed by atoms with Gasteiger partial charge in [-0.15, -0.1) is 0 Å². The summed E-state index contributed by atoms with van der Waals surface area (Å²) in [5, 5.41) is 33.4. The quantitative estimate of drug-likeness (QED) is 0.113. The Bertz CT molecular complexity index is 1580. The lowest BCUT2D eigenvalue weighted by Crippen LogP contribution is -2.42. The Balaban J connectivity index is 1.44. The van der Waals surface area contributed by atoms with E-state index in [9.17, 15) is 19.8 Å². The highest BCUT2D eigenvalue weighted by Crippen LogP contribution is 2.33. The molecule has 0 spiro atoms. The van der Waals surface area contributed by atoms with Crippen LogP contribution in [0.3, 0.4) is 0 Å². The van der Waals surface area contributed by atoms with E-state index in [0.29, 0.717) is 48.4 Å². The number of likely N-dealkylation sites (N-methyl/N-ethyl adjacent to an activating group) is 1. The van der Waals surface area contributed by atoms with Crippen LogP contribution in [0.4, 0.5) is 10.6 Å². The lowest BCUT2D eigenvalue weighted by molar-refractivity contribution is -0.137. The molecular weight excluding hydrogens is 600 g/mol. The maximum atomic E-state index is 12.6. The van der Waals surface area contributed by atoms with Gasteiger partial charge in [-0.2, -0.15) is 0 Å². The van der Waals surface area contributed by atoms with Gasteiger partial charge < -0.3 is 36.2 Å². The van der Waals surface area contributed by atoms with E-state index in [1.807, 2.05) is 36.4 Å². The molecule has 3 heterocycles. The third-order valence-corrected chi connectivity index (χ3v) is 8.12. The molecule has 0 radical (unpaired) electrons. The smallest absolute Gasteiger partial charge is 0.315 e. The van der Waals surface area contributed by atoms with Crippen molar-refractivity contribution in [1.29, 1.82) is 0 Å². The summed E-state index contributed by atoms with van der Waals surface area (Å²) in [6, 6.07) is 19.9. The second-order valence-electron chi connectivity index (χ2n) is 12.0. The highest BCUT2D eigenvalue weighted by Gasteiger charge is 2.47. The molecule has 1 aliphatic rings. The Kier molecular flexibility index (Phi) is 11.4. The summed E-state index contributed by atoms with van der Waals surface area (Å²) in [4.78, 5) is 39.1. The molecule has 1 saturated heterocycles. The number of hydrogen-bond donors (Lipinski definition) is 6. The number of carbonyl (C=O) groups is 2. The van der Waals surface area contributed by atoms with Crippen molar-refractivity contribution >= 4 is 28.9 Å². The molecule has 13 heteroatoms. The predicted molar refractivity (Wildman–Crippen MR) is 177 cm³/mol.